The lowest BCUT2D eigenvalue weighted by Gasteiger charge is -2.59. The number of ketones is 1. The Balaban J connectivity index is 0.924. The molecule has 14 rings (SSSR count). The van der Waals surface area contributed by atoms with Crippen molar-refractivity contribution in [1.82, 2.24) is 19.9 Å². The number of nitrogens with zero attached hydrogens (tertiary/aromatic N) is 1. The van der Waals surface area contributed by atoms with Gasteiger partial charge >= 0.3 is 5.97 Å². The minimum Gasteiger partial charge on any atom is -0.508 e. The van der Waals surface area contributed by atoms with Gasteiger partial charge in [0.25, 0.3) is 0 Å². The maximum absolute atomic E-state index is 15.6. The van der Waals surface area contributed by atoms with Crippen molar-refractivity contribution in [1.29, 1.82) is 0 Å². The van der Waals surface area contributed by atoms with Crippen LogP contribution in [0.2, 0.25) is 0 Å². The highest BCUT2D eigenvalue weighted by atomic mass is 16.6. The number of aromatic amines is 2. The van der Waals surface area contributed by atoms with Crippen LogP contribution >= 0.6 is 0 Å². The van der Waals surface area contributed by atoms with E-state index in [0.717, 1.165) is 113 Å². The SMILES string of the molecule is COc1cc2c(cc1O)C1=C[C@H]3C[C@@]4(CC[C@@]5(C4)N[C@@H]4[C@@H](CCC[C@H]4O)C[C@@H]5n4c(-c5cccc(O)c5)cc5[nH]ccc54)[C@@H]4C[C@@H](O)CC[C@@H]4[C@@H]3[C@H]2CC(=O)C[C@@H]([C@H](O)Cc2ccc(O)c(OCCO)c2)OC(=O)CC#CCc2c1[nH]c1ccccc21. The van der Waals surface area contributed by atoms with E-state index in [2.05, 4.69) is 62.0 Å². The summed E-state index contributed by atoms with van der Waals surface area (Å²) >= 11 is 0. The number of para-hydroxylation sites is 1. The summed E-state index contributed by atoms with van der Waals surface area (Å²) in [5.41, 5.74) is 8.89. The molecule has 5 heterocycles. The van der Waals surface area contributed by atoms with Crippen molar-refractivity contribution in [3.05, 3.63) is 131 Å². The Morgan fingerprint density at radius 3 is 2.57 bits per heavy atom. The summed E-state index contributed by atoms with van der Waals surface area (Å²) in [7, 11) is 1.53. The molecule has 3 aromatic heterocycles. The van der Waals surface area contributed by atoms with Crippen LogP contribution in [0.5, 0.6) is 28.7 Å². The van der Waals surface area contributed by atoms with E-state index in [9.17, 15) is 40.5 Å². The third-order valence-corrected chi connectivity index (χ3v) is 21.7. The van der Waals surface area contributed by atoms with Gasteiger partial charge in [0, 0.05) is 65.5 Å². The molecule has 2 spiro atoms. The van der Waals surface area contributed by atoms with Gasteiger partial charge in [0.15, 0.2) is 23.0 Å². The predicted molar refractivity (Wildman–Crippen MR) is 328 cm³/mol. The normalized spacial score (nSPS) is 31.0. The molecule has 7 aromatic rings. The highest BCUT2D eigenvalue weighted by Crippen LogP contribution is 2.69. The van der Waals surface area contributed by atoms with Crippen LogP contribution in [0.15, 0.2) is 103 Å². The number of hydrogen-bond acceptors (Lipinski definition) is 13. The number of Topliss-reactive ketones (excluding diaryl/α,β-unsaturated/α-hetero) is 1. The summed E-state index contributed by atoms with van der Waals surface area (Å²) in [6.07, 6.45) is 9.03. The summed E-state index contributed by atoms with van der Waals surface area (Å²) in [5.74, 6) is 5.31. The molecule has 14 atom stereocenters. The Morgan fingerprint density at radius 1 is 0.862 bits per heavy atom. The van der Waals surface area contributed by atoms with Crippen molar-refractivity contribution in [3.63, 3.8) is 0 Å². The Kier molecular flexibility index (Phi) is 15.1. The molecule has 1 saturated heterocycles. The van der Waals surface area contributed by atoms with Crippen molar-refractivity contribution in [2.75, 3.05) is 20.3 Å². The molecule has 16 heteroatoms. The first-order valence-electron chi connectivity index (χ1n) is 31.5. The largest absolute Gasteiger partial charge is 0.508 e. The van der Waals surface area contributed by atoms with Crippen LogP contribution in [0.1, 0.15) is 130 Å². The molecular formula is C71H78N4O12. The maximum atomic E-state index is 15.6. The van der Waals surface area contributed by atoms with Crippen molar-refractivity contribution in [2.24, 2.45) is 35.0 Å². The van der Waals surface area contributed by atoms with E-state index in [1.54, 1.807) is 24.3 Å². The fraction of sp³-hybridized carbons (Fsp3) is 0.465. The molecule has 0 amide bonds. The zero-order chi connectivity index (χ0) is 59.9. The topological polar surface area (TPSA) is 252 Å². The van der Waals surface area contributed by atoms with Gasteiger partial charge in [-0.25, -0.2) is 0 Å². The van der Waals surface area contributed by atoms with E-state index in [4.69, 9.17) is 14.2 Å². The number of aromatic hydroxyl groups is 3. The number of phenols is 3. The van der Waals surface area contributed by atoms with E-state index in [0.29, 0.717) is 24.8 Å². The lowest BCUT2D eigenvalue weighted by molar-refractivity contribution is -0.155. The Labute approximate surface area is 505 Å². The first-order chi connectivity index (χ1) is 42.2. The number of aliphatic hydroxyl groups is 4. The van der Waals surface area contributed by atoms with Crippen molar-refractivity contribution in [2.45, 2.75) is 151 Å². The average Bonchev–Trinajstić information content (AvgIpc) is 1.59. The molecule has 4 aromatic carbocycles. The number of aromatic nitrogens is 3. The Bertz CT molecular complexity index is 3890. The number of allylic oxidation sites excluding steroid dienone is 1. The molecule has 454 valence electrons. The molecule has 2 aliphatic heterocycles. The molecule has 0 unspecified atom stereocenters. The van der Waals surface area contributed by atoms with Gasteiger partial charge in [-0.05, 0) is 182 Å². The number of nitrogens with one attached hydrogen (secondary N) is 3. The quantitative estimate of drug-likeness (QED) is 0.0478. The number of carbonyl (C=O) groups excluding carboxylic acids is 2. The average molecular weight is 1180 g/mol. The van der Waals surface area contributed by atoms with Crippen LogP contribution < -0.4 is 14.8 Å². The number of H-pyrrole nitrogens is 2. The summed E-state index contributed by atoms with van der Waals surface area (Å²) in [6.45, 7) is -0.336. The molecular weight excluding hydrogens is 1100 g/mol. The predicted octanol–water partition coefficient (Wildman–Crippen LogP) is 10.0. The molecule has 16 nitrogen and oxygen atoms in total. The second-order valence-corrected chi connectivity index (χ2v) is 26.4. The zero-order valence-electron chi connectivity index (χ0n) is 49.1. The lowest BCUT2D eigenvalue weighted by atomic mass is 9.47. The molecule has 7 aliphatic rings. The summed E-state index contributed by atoms with van der Waals surface area (Å²) in [6, 6.07) is 28.1. The van der Waals surface area contributed by atoms with Gasteiger partial charge in [-0.3, -0.25) is 9.59 Å². The molecule has 5 fully saturated rings. The van der Waals surface area contributed by atoms with Gasteiger partial charge in [0.2, 0.25) is 0 Å². The fourth-order valence-electron chi connectivity index (χ4n) is 18.2. The Hall–Kier alpha value is -7.52. The molecule has 87 heavy (non-hydrogen) atoms. The fourth-order valence-corrected chi connectivity index (χ4v) is 18.2. The number of piperidine rings is 1. The van der Waals surface area contributed by atoms with Gasteiger partial charge in [-0.15, -0.1) is 0 Å². The smallest absolute Gasteiger partial charge is 0.318 e. The van der Waals surface area contributed by atoms with Gasteiger partial charge < -0.3 is 69.8 Å². The molecule has 5 aliphatic carbocycles. The van der Waals surface area contributed by atoms with Gasteiger partial charge in [-0.2, -0.15) is 0 Å². The monoisotopic (exact) mass is 1180 g/mol. The second kappa shape index (κ2) is 22.9. The number of methoxy groups -OCH3 is 1. The molecule has 0 radical (unpaired) electrons. The number of fused-ring (bicyclic) bond motifs is 11. The number of aliphatic hydroxyl groups excluding tert-OH is 4. The zero-order valence-corrected chi connectivity index (χ0v) is 49.1. The molecule has 10 N–H and O–H groups in total. The van der Waals surface area contributed by atoms with Crippen LogP contribution in [0.4, 0.5) is 0 Å². The van der Waals surface area contributed by atoms with Crippen LogP contribution in [0.3, 0.4) is 0 Å². The number of hydrogen-bond donors (Lipinski definition) is 10. The first kappa shape index (κ1) is 57.2. The van der Waals surface area contributed by atoms with E-state index < -0.39 is 41.8 Å². The number of benzene rings is 4. The van der Waals surface area contributed by atoms with E-state index >= 15 is 4.79 Å². The third kappa shape index (κ3) is 10.3. The van der Waals surface area contributed by atoms with Crippen molar-refractivity contribution in [3.8, 4) is 51.8 Å². The van der Waals surface area contributed by atoms with Crippen molar-refractivity contribution < 1.29 is 59.5 Å². The number of phenolic OH excluding ortho intramolecular Hbond substituents is 3. The van der Waals surface area contributed by atoms with Crippen LogP contribution in [0.25, 0.3) is 38.8 Å². The minimum absolute atomic E-state index is 0.00706. The number of ether oxygens (including phenoxy) is 3. The van der Waals surface area contributed by atoms with Gasteiger partial charge in [0.1, 0.15) is 30.7 Å². The highest BCUT2D eigenvalue weighted by molar-refractivity contribution is 5.94. The van der Waals surface area contributed by atoms with Crippen LogP contribution in [-0.2, 0) is 27.2 Å². The maximum Gasteiger partial charge on any atom is 0.318 e. The van der Waals surface area contributed by atoms with Crippen LogP contribution in [-0.4, -0.2) is 118 Å². The summed E-state index contributed by atoms with van der Waals surface area (Å²) < 4.78 is 20.2. The first-order valence-corrected chi connectivity index (χ1v) is 31.5. The molecule has 4 saturated carbocycles. The summed E-state index contributed by atoms with van der Waals surface area (Å²) in [4.78, 5) is 36.8. The number of esters is 1. The number of rotatable bonds is 9. The Morgan fingerprint density at radius 2 is 1.72 bits per heavy atom. The van der Waals surface area contributed by atoms with Gasteiger partial charge in [-0.1, -0.05) is 60.7 Å². The van der Waals surface area contributed by atoms with Crippen molar-refractivity contribution >= 4 is 39.3 Å². The highest BCUT2D eigenvalue weighted by Gasteiger charge is 2.65. The van der Waals surface area contributed by atoms with Gasteiger partial charge in [0.05, 0.1) is 60.5 Å². The van der Waals surface area contributed by atoms with E-state index in [1.807, 2.05) is 42.6 Å². The lowest BCUT2D eigenvalue weighted by Crippen LogP contribution is -2.65. The third-order valence-electron chi connectivity index (χ3n) is 21.7. The van der Waals surface area contributed by atoms with Crippen LogP contribution in [0, 0.1) is 46.8 Å². The second-order valence-electron chi connectivity index (χ2n) is 26.4. The van der Waals surface area contributed by atoms with E-state index in [1.165, 1.54) is 13.2 Å². The number of carbonyl (C=O) groups is 2. The number of cyclic esters (lactones) is 1. The van der Waals surface area contributed by atoms with E-state index in [-0.39, 0.29) is 127 Å². The summed E-state index contributed by atoms with van der Waals surface area (Å²) in [5, 5.41) is 84.6. The molecule has 2 bridgehead atoms. The standard InChI is InChI=1S/C71H78N4O12/c1-85-62-35-50-49(34-61(62)83)52-29-42-37-70(21-22-71(38-70)65(30-41-9-7-14-59(81)68(41)74-71)75-56-20-23-72-55(56)36-57(75)40-8-6-10-43(77)28-40)53-32-44(78)17-18-48(53)67(42)51(50)31-45(79)33-64(60(82)26-39-16-19-58(80)63(27-39)86-25-24-76)87-66(84)15-5-3-12-47-46-11-2-4-13-54(46)73-69(47)52/h2,4,6,8,10-11,13,16,19-20,23,27-29,34-36,41-42,44,48,51,53,59-60,64-65,67-68,72-74,76-78,80-83H,7,9,12,14-15,17-18,21-22,24-26,30-33,37-38H2,1H3/t41-,42-,44-,48-,51-,53+,59+,60+,64-,65-,67+,68+,70+,71-/m0/s1. The minimum atomic E-state index is -1.36.